The van der Waals surface area contributed by atoms with Crippen molar-refractivity contribution in [1.82, 2.24) is 4.90 Å². The second-order valence-corrected chi connectivity index (χ2v) is 4.83. The number of urea groups is 1. The van der Waals surface area contributed by atoms with E-state index in [2.05, 4.69) is 0 Å². The van der Waals surface area contributed by atoms with Crippen molar-refractivity contribution in [3.8, 4) is 5.75 Å². The summed E-state index contributed by atoms with van der Waals surface area (Å²) in [6, 6.07) is 5.80. The third-order valence-corrected chi connectivity index (χ3v) is 3.36. The summed E-state index contributed by atoms with van der Waals surface area (Å²) < 4.78 is 0. The Bertz CT molecular complexity index is 504. The lowest BCUT2D eigenvalue weighted by Gasteiger charge is -2.32. The van der Waals surface area contributed by atoms with Crippen LogP contribution in [0, 0.1) is 0 Å². The Labute approximate surface area is 124 Å². The summed E-state index contributed by atoms with van der Waals surface area (Å²) in [5, 5.41) is 18.5. The van der Waals surface area contributed by atoms with E-state index in [-0.39, 0.29) is 24.4 Å². The molecular formula is C15H22N2O4. The molecule has 0 aromatic heterocycles. The van der Waals surface area contributed by atoms with E-state index in [0.717, 1.165) is 0 Å². The van der Waals surface area contributed by atoms with Crippen LogP contribution < -0.4 is 4.90 Å². The zero-order valence-corrected chi connectivity index (χ0v) is 12.6. The second kappa shape index (κ2) is 7.52. The van der Waals surface area contributed by atoms with Crippen LogP contribution in [-0.4, -0.2) is 46.2 Å². The van der Waals surface area contributed by atoms with Gasteiger partial charge >= 0.3 is 12.0 Å². The Morgan fingerprint density at radius 2 is 1.95 bits per heavy atom. The molecule has 0 spiro atoms. The quantitative estimate of drug-likeness (QED) is 0.844. The van der Waals surface area contributed by atoms with E-state index in [1.54, 1.807) is 19.1 Å². The molecule has 0 bridgehead atoms. The molecule has 1 rings (SSSR count). The number of phenols is 1. The van der Waals surface area contributed by atoms with E-state index in [1.165, 1.54) is 21.9 Å². The van der Waals surface area contributed by atoms with Gasteiger partial charge in [-0.15, -0.1) is 0 Å². The molecule has 0 saturated carbocycles. The molecule has 6 heteroatoms. The number of aromatic hydroxyl groups is 1. The first-order chi connectivity index (χ1) is 9.90. The molecule has 0 aliphatic carbocycles. The average Bonchev–Trinajstić information content (AvgIpc) is 2.44. The third-order valence-electron chi connectivity index (χ3n) is 3.36. The molecule has 21 heavy (non-hydrogen) atoms. The van der Waals surface area contributed by atoms with Crippen LogP contribution in [0.2, 0.25) is 0 Å². The number of carboxylic acids is 1. The minimum absolute atomic E-state index is 0.0621. The minimum Gasteiger partial charge on any atom is -0.508 e. The highest BCUT2D eigenvalue weighted by Gasteiger charge is 2.26. The van der Waals surface area contributed by atoms with Gasteiger partial charge in [-0.05, 0) is 32.4 Å². The van der Waals surface area contributed by atoms with Gasteiger partial charge in [-0.1, -0.05) is 13.0 Å². The molecule has 0 aliphatic rings. The first-order valence-electron chi connectivity index (χ1n) is 6.99. The predicted molar refractivity (Wildman–Crippen MR) is 80.6 cm³/mol. The predicted octanol–water partition coefficient (Wildman–Crippen LogP) is 2.52. The zero-order chi connectivity index (χ0) is 16.0. The molecule has 116 valence electrons. The van der Waals surface area contributed by atoms with Crippen LogP contribution in [0.5, 0.6) is 5.75 Å². The van der Waals surface area contributed by atoms with Gasteiger partial charge in [0, 0.05) is 24.3 Å². The molecule has 2 amide bonds. The van der Waals surface area contributed by atoms with Crippen LogP contribution in [-0.2, 0) is 4.79 Å². The molecule has 0 radical (unpaired) electrons. The molecular weight excluding hydrogens is 272 g/mol. The van der Waals surface area contributed by atoms with Gasteiger partial charge in [0.15, 0.2) is 0 Å². The van der Waals surface area contributed by atoms with Gasteiger partial charge in [0.2, 0.25) is 0 Å². The number of carbonyl (C=O) groups is 2. The van der Waals surface area contributed by atoms with E-state index in [1.807, 2.05) is 13.8 Å². The summed E-state index contributed by atoms with van der Waals surface area (Å²) in [5.41, 5.74) is 0.543. The van der Waals surface area contributed by atoms with Gasteiger partial charge in [-0.2, -0.15) is 0 Å². The molecule has 6 nitrogen and oxygen atoms in total. The maximum absolute atomic E-state index is 12.6. The Balaban J connectivity index is 3.06. The number of phenolic OH excluding ortho intramolecular Hbond substituents is 1. The number of aliphatic carboxylic acids is 1. The van der Waals surface area contributed by atoms with Gasteiger partial charge in [-0.25, -0.2) is 4.79 Å². The molecule has 1 unspecified atom stereocenters. The lowest BCUT2D eigenvalue weighted by atomic mass is 10.2. The first kappa shape index (κ1) is 16.8. The summed E-state index contributed by atoms with van der Waals surface area (Å²) in [4.78, 5) is 26.4. The summed E-state index contributed by atoms with van der Waals surface area (Å²) >= 11 is 0. The third kappa shape index (κ3) is 4.37. The molecule has 0 heterocycles. The number of anilines is 1. The highest BCUT2D eigenvalue weighted by Crippen LogP contribution is 2.22. The number of benzene rings is 1. The van der Waals surface area contributed by atoms with Crippen molar-refractivity contribution in [3.63, 3.8) is 0 Å². The van der Waals surface area contributed by atoms with Crippen molar-refractivity contribution in [1.29, 1.82) is 0 Å². The normalized spacial score (nSPS) is 11.8. The highest BCUT2D eigenvalue weighted by atomic mass is 16.4. The number of carboxylic acid groups (broad SMARTS) is 1. The van der Waals surface area contributed by atoms with Crippen LogP contribution in [0.15, 0.2) is 24.3 Å². The topological polar surface area (TPSA) is 81.1 Å². The molecule has 2 N–H and O–H groups in total. The van der Waals surface area contributed by atoms with Crippen molar-refractivity contribution in [3.05, 3.63) is 24.3 Å². The Morgan fingerprint density at radius 1 is 1.29 bits per heavy atom. The second-order valence-electron chi connectivity index (χ2n) is 4.83. The zero-order valence-electron chi connectivity index (χ0n) is 12.6. The fraction of sp³-hybridized carbons (Fsp3) is 0.467. The lowest BCUT2D eigenvalue weighted by molar-refractivity contribution is -0.138. The first-order valence-corrected chi connectivity index (χ1v) is 6.99. The van der Waals surface area contributed by atoms with Gasteiger partial charge in [-0.3, -0.25) is 9.69 Å². The number of carbonyl (C=O) groups excluding carboxylic acids is 1. The van der Waals surface area contributed by atoms with E-state index in [4.69, 9.17) is 5.11 Å². The van der Waals surface area contributed by atoms with Crippen molar-refractivity contribution < 1.29 is 19.8 Å². The molecule has 0 fully saturated rings. The summed E-state index contributed by atoms with van der Waals surface area (Å²) in [7, 11) is 0. The van der Waals surface area contributed by atoms with Crippen LogP contribution in [0.25, 0.3) is 0 Å². The molecule has 0 saturated heterocycles. The SMILES string of the molecule is CCC(C)N(CC(=O)O)C(=O)N(CC)c1cccc(O)c1. The van der Waals surface area contributed by atoms with E-state index >= 15 is 0 Å². The number of rotatable bonds is 6. The van der Waals surface area contributed by atoms with Gasteiger partial charge < -0.3 is 15.1 Å². The van der Waals surface area contributed by atoms with Crippen molar-refractivity contribution in [2.75, 3.05) is 18.0 Å². The van der Waals surface area contributed by atoms with E-state index in [0.29, 0.717) is 18.7 Å². The average molecular weight is 294 g/mol. The maximum atomic E-state index is 12.6. The van der Waals surface area contributed by atoms with Crippen molar-refractivity contribution in [2.45, 2.75) is 33.2 Å². The van der Waals surface area contributed by atoms with Gasteiger partial charge in [0.05, 0.1) is 0 Å². The summed E-state index contributed by atoms with van der Waals surface area (Å²) in [5.74, 6) is -0.984. The van der Waals surface area contributed by atoms with Crippen LogP contribution in [0.4, 0.5) is 10.5 Å². The minimum atomic E-state index is -1.05. The smallest absolute Gasteiger partial charge is 0.325 e. The standard InChI is InChI=1S/C15H22N2O4/c1-4-11(3)17(10-14(19)20)15(21)16(5-2)12-7-6-8-13(18)9-12/h6-9,11,18H,4-5,10H2,1-3H3,(H,19,20). The van der Waals surface area contributed by atoms with Gasteiger partial charge in [0.1, 0.15) is 12.3 Å². The number of amides is 2. The van der Waals surface area contributed by atoms with Gasteiger partial charge in [0.25, 0.3) is 0 Å². The Morgan fingerprint density at radius 3 is 2.43 bits per heavy atom. The van der Waals surface area contributed by atoms with E-state index in [9.17, 15) is 14.7 Å². The molecule has 1 aromatic rings. The number of hydrogen-bond donors (Lipinski definition) is 2. The fourth-order valence-electron chi connectivity index (χ4n) is 2.02. The monoisotopic (exact) mass is 294 g/mol. The highest BCUT2D eigenvalue weighted by molar-refractivity contribution is 5.94. The lowest BCUT2D eigenvalue weighted by Crippen LogP contribution is -2.49. The Kier molecular flexibility index (Phi) is 6.02. The summed E-state index contributed by atoms with van der Waals surface area (Å²) in [6.45, 7) is 5.56. The number of hydrogen-bond acceptors (Lipinski definition) is 3. The van der Waals surface area contributed by atoms with Crippen molar-refractivity contribution in [2.24, 2.45) is 0 Å². The van der Waals surface area contributed by atoms with E-state index < -0.39 is 5.97 Å². The molecule has 0 aliphatic heterocycles. The largest absolute Gasteiger partial charge is 0.508 e. The van der Waals surface area contributed by atoms with Crippen LogP contribution in [0.1, 0.15) is 27.2 Å². The van der Waals surface area contributed by atoms with Crippen LogP contribution in [0.3, 0.4) is 0 Å². The molecule has 1 atom stereocenters. The molecule has 1 aromatic carbocycles. The maximum Gasteiger partial charge on any atom is 0.325 e. The number of nitrogens with zero attached hydrogens (tertiary/aromatic N) is 2. The van der Waals surface area contributed by atoms with Crippen molar-refractivity contribution >= 4 is 17.7 Å². The summed E-state index contributed by atoms with van der Waals surface area (Å²) in [6.07, 6.45) is 0.663. The fourth-order valence-corrected chi connectivity index (χ4v) is 2.02. The Hall–Kier alpha value is -2.24. The van der Waals surface area contributed by atoms with Crippen LogP contribution >= 0.6 is 0 Å².